The highest BCUT2D eigenvalue weighted by atomic mass is 14.9. The predicted molar refractivity (Wildman–Crippen MR) is 61.7 cm³/mol. The minimum absolute atomic E-state index is 0.804. The first kappa shape index (κ1) is 9.84. The van der Waals surface area contributed by atoms with E-state index >= 15 is 0 Å². The second-order valence-corrected chi connectivity index (χ2v) is 3.90. The first-order chi connectivity index (χ1) is 7.16. The van der Waals surface area contributed by atoms with Gasteiger partial charge in [-0.2, -0.15) is 0 Å². The summed E-state index contributed by atoms with van der Waals surface area (Å²) in [5, 5.41) is 0. The molecule has 0 saturated carbocycles. The van der Waals surface area contributed by atoms with Crippen molar-refractivity contribution >= 4 is 0 Å². The molecule has 2 heteroatoms. The first-order valence-electron chi connectivity index (χ1n) is 5.03. The Hall–Kier alpha value is -1.70. The Labute approximate surface area is 90.0 Å². The molecule has 1 aromatic heterocycles. The van der Waals surface area contributed by atoms with Crippen LogP contribution in [0.5, 0.6) is 0 Å². The third-order valence-corrected chi connectivity index (χ3v) is 2.40. The highest BCUT2D eigenvalue weighted by Crippen LogP contribution is 2.20. The number of rotatable bonds is 1. The Morgan fingerprint density at radius 2 is 1.53 bits per heavy atom. The van der Waals surface area contributed by atoms with Crippen molar-refractivity contribution in [2.45, 2.75) is 20.8 Å². The molecule has 0 spiro atoms. The van der Waals surface area contributed by atoms with E-state index in [-0.39, 0.29) is 0 Å². The lowest BCUT2D eigenvalue weighted by atomic mass is 10.1. The summed E-state index contributed by atoms with van der Waals surface area (Å²) in [6.45, 7) is 6.17. The van der Waals surface area contributed by atoms with Crippen molar-refractivity contribution in [3.8, 4) is 11.4 Å². The van der Waals surface area contributed by atoms with Crippen molar-refractivity contribution < 1.29 is 0 Å². The first-order valence-corrected chi connectivity index (χ1v) is 5.03. The molecule has 0 N–H and O–H groups in total. The van der Waals surface area contributed by atoms with E-state index in [2.05, 4.69) is 42.0 Å². The Bertz CT molecular complexity index is 472. The van der Waals surface area contributed by atoms with Crippen LogP contribution in [0.2, 0.25) is 0 Å². The van der Waals surface area contributed by atoms with Crippen molar-refractivity contribution in [3.05, 3.63) is 47.3 Å². The maximum atomic E-state index is 4.33. The van der Waals surface area contributed by atoms with Gasteiger partial charge in [-0.3, -0.25) is 0 Å². The Balaban J connectivity index is 2.49. The molecular formula is C13H14N2. The Kier molecular flexibility index (Phi) is 2.50. The number of aromatic nitrogens is 2. The lowest BCUT2D eigenvalue weighted by molar-refractivity contribution is 1.13. The van der Waals surface area contributed by atoms with Crippen LogP contribution < -0.4 is 0 Å². The van der Waals surface area contributed by atoms with E-state index in [0.717, 1.165) is 17.0 Å². The highest BCUT2D eigenvalue weighted by Gasteiger charge is 2.03. The van der Waals surface area contributed by atoms with Gasteiger partial charge in [-0.15, -0.1) is 0 Å². The number of aryl methyl sites for hydroxylation is 3. The van der Waals surface area contributed by atoms with Crippen LogP contribution in [0.25, 0.3) is 11.4 Å². The fourth-order valence-corrected chi connectivity index (χ4v) is 1.60. The summed E-state index contributed by atoms with van der Waals surface area (Å²) < 4.78 is 0. The molecule has 2 rings (SSSR count). The van der Waals surface area contributed by atoms with Crippen molar-refractivity contribution in [2.24, 2.45) is 0 Å². The van der Waals surface area contributed by atoms with Crippen LogP contribution in [0.1, 0.15) is 16.7 Å². The average molecular weight is 198 g/mol. The molecule has 0 aliphatic rings. The zero-order valence-electron chi connectivity index (χ0n) is 9.28. The van der Waals surface area contributed by atoms with Gasteiger partial charge in [0.05, 0.1) is 0 Å². The normalized spacial score (nSPS) is 10.3. The van der Waals surface area contributed by atoms with Gasteiger partial charge >= 0.3 is 0 Å². The molecule has 0 bridgehead atoms. The van der Waals surface area contributed by atoms with Crippen LogP contribution >= 0.6 is 0 Å². The van der Waals surface area contributed by atoms with Crippen LogP contribution in [0.15, 0.2) is 30.6 Å². The monoisotopic (exact) mass is 198 g/mol. The molecule has 0 atom stereocenters. The molecule has 0 amide bonds. The average Bonchev–Trinajstić information content (AvgIpc) is 2.20. The summed E-state index contributed by atoms with van der Waals surface area (Å²) >= 11 is 0. The molecular weight excluding hydrogens is 184 g/mol. The zero-order valence-corrected chi connectivity index (χ0v) is 9.28. The molecule has 0 radical (unpaired) electrons. The zero-order chi connectivity index (χ0) is 10.8. The molecule has 15 heavy (non-hydrogen) atoms. The summed E-state index contributed by atoms with van der Waals surface area (Å²) in [6.07, 6.45) is 3.70. The highest BCUT2D eigenvalue weighted by molar-refractivity contribution is 5.60. The van der Waals surface area contributed by atoms with Gasteiger partial charge in [-0.1, -0.05) is 23.8 Å². The van der Waals surface area contributed by atoms with E-state index in [1.54, 1.807) is 0 Å². The smallest absolute Gasteiger partial charge is 0.159 e. The molecule has 2 aromatic rings. The lowest BCUT2D eigenvalue weighted by Gasteiger charge is -2.05. The van der Waals surface area contributed by atoms with Crippen molar-refractivity contribution in [2.75, 3.05) is 0 Å². The SMILES string of the molecule is Cc1cnc(-c2ccc(C)cc2C)nc1. The summed E-state index contributed by atoms with van der Waals surface area (Å²) in [7, 11) is 0. The van der Waals surface area contributed by atoms with Crippen LogP contribution in [0.4, 0.5) is 0 Å². The summed E-state index contributed by atoms with van der Waals surface area (Å²) in [5.74, 6) is 0.804. The molecule has 0 saturated heterocycles. The topological polar surface area (TPSA) is 25.8 Å². The number of nitrogens with zero attached hydrogens (tertiary/aromatic N) is 2. The third-order valence-electron chi connectivity index (χ3n) is 2.40. The Morgan fingerprint density at radius 1 is 0.867 bits per heavy atom. The van der Waals surface area contributed by atoms with Gasteiger partial charge < -0.3 is 0 Å². The van der Waals surface area contributed by atoms with Gasteiger partial charge in [0, 0.05) is 18.0 Å². The van der Waals surface area contributed by atoms with E-state index < -0.39 is 0 Å². The molecule has 0 unspecified atom stereocenters. The van der Waals surface area contributed by atoms with E-state index in [1.807, 2.05) is 19.3 Å². The van der Waals surface area contributed by atoms with E-state index in [0.29, 0.717) is 0 Å². The standard InChI is InChI=1S/C13H14N2/c1-9-4-5-12(11(3)6-9)13-14-7-10(2)8-15-13/h4-8H,1-3H3. The number of benzene rings is 1. The van der Waals surface area contributed by atoms with Gasteiger partial charge in [0.2, 0.25) is 0 Å². The summed E-state index contributed by atoms with van der Waals surface area (Å²) in [4.78, 5) is 8.66. The van der Waals surface area contributed by atoms with E-state index in [4.69, 9.17) is 0 Å². The number of hydrogen-bond acceptors (Lipinski definition) is 2. The van der Waals surface area contributed by atoms with Gasteiger partial charge in [0.1, 0.15) is 0 Å². The van der Waals surface area contributed by atoms with Crippen molar-refractivity contribution in [1.29, 1.82) is 0 Å². The van der Waals surface area contributed by atoms with Crippen molar-refractivity contribution in [3.63, 3.8) is 0 Å². The van der Waals surface area contributed by atoms with E-state index in [9.17, 15) is 0 Å². The maximum Gasteiger partial charge on any atom is 0.159 e. The minimum Gasteiger partial charge on any atom is -0.236 e. The molecule has 0 fully saturated rings. The molecule has 76 valence electrons. The number of hydrogen-bond donors (Lipinski definition) is 0. The van der Waals surface area contributed by atoms with Crippen molar-refractivity contribution in [1.82, 2.24) is 9.97 Å². The summed E-state index contributed by atoms with van der Waals surface area (Å²) in [6, 6.07) is 6.32. The fourth-order valence-electron chi connectivity index (χ4n) is 1.60. The maximum absolute atomic E-state index is 4.33. The van der Waals surface area contributed by atoms with Gasteiger partial charge in [0.15, 0.2) is 5.82 Å². The minimum atomic E-state index is 0.804. The van der Waals surface area contributed by atoms with Crippen LogP contribution in [-0.4, -0.2) is 9.97 Å². The molecule has 1 heterocycles. The van der Waals surface area contributed by atoms with Crippen LogP contribution in [0, 0.1) is 20.8 Å². The second kappa shape index (κ2) is 3.81. The van der Waals surface area contributed by atoms with Crippen LogP contribution in [-0.2, 0) is 0 Å². The summed E-state index contributed by atoms with van der Waals surface area (Å²) in [5.41, 5.74) is 4.69. The quantitative estimate of drug-likeness (QED) is 0.703. The van der Waals surface area contributed by atoms with Crippen LogP contribution in [0.3, 0.4) is 0 Å². The second-order valence-electron chi connectivity index (χ2n) is 3.90. The van der Waals surface area contributed by atoms with Gasteiger partial charge in [-0.05, 0) is 31.9 Å². The lowest BCUT2D eigenvalue weighted by Crippen LogP contribution is -1.92. The molecule has 0 aliphatic heterocycles. The van der Waals surface area contributed by atoms with Gasteiger partial charge in [-0.25, -0.2) is 9.97 Å². The Morgan fingerprint density at radius 3 is 2.13 bits per heavy atom. The van der Waals surface area contributed by atoms with Gasteiger partial charge in [0.25, 0.3) is 0 Å². The predicted octanol–water partition coefficient (Wildman–Crippen LogP) is 3.07. The fraction of sp³-hybridized carbons (Fsp3) is 0.231. The molecule has 2 nitrogen and oxygen atoms in total. The molecule has 0 aliphatic carbocycles. The van der Waals surface area contributed by atoms with E-state index in [1.165, 1.54) is 11.1 Å². The largest absolute Gasteiger partial charge is 0.236 e. The molecule has 1 aromatic carbocycles. The third kappa shape index (κ3) is 2.04.